The number of halogens is 1. The molecule has 1 aromatic heterocycles. The van der Waals surface area contributed by atoms with Crippen molar-refractivity contribution in [2.45, 2.75) is 54.5 Å². The molecular weight excluding hydrogens is 366 g/mol. The average Bonchev–Trinajstić information content (AvgIpc) is 2.63. The second kappa shape index (κ2) is 9.54. The van der Waals surface area contributed by atoms with Crippen molar-refractivity contribution in [3.63, 3.8) is 0 Å². The van der Waals surface area contributed by atoms with Gasteiger partial charge in [-0.1, -0.05) is 70.5 Å². The molecule has 1 aromatic carbocycles. The van der Waals surface area contributed by atoms with Crippen LogP contribution in [0.4, 0.5) is 0 Å². The first-order valence-corrected chi connectivity index (χ1v) is 10.4. The molecule has 0 aliphatic rings. The highest BCUT2D eigenvalue weighted by atomic mass is 35.5. The molecule has 0 spiro atoms. The number of nitriles is 1. The quantitative estimate of drug-likeness (QED) is 0.478. The van der Waals surface area contributed by atoms with E-state index in [4.69, 9.17) is 16.9 Å². The van der Waals surface area contributed by atoms with Crippen LogP contribution >= 0.6 is 11.6 Å². The molecule has 2 aromatic rings. The minimum Gasteiger partial charge on any atom is -0.299 e. The highest BCUT2D eigenvalue weighted by Gasteiger charge is 2.25. The molecule has 0 aliphatic carbocycles. The van der Waals surface area contributed by atoms with Crippen LogP contribution in [0.15, 0.2) is 30.3 Å². The summed E-state index contributed by atoms with van der Waals surface area (Å²) >= 11 is 6.13. The Balaban J connectivity index is 2.19. The van der Waals surface area contributed by atoms with E-state index in [0.29, 0.717) is 11.5 Å². The number of hydrogen-bond donors (Lipinski definition) is 0. The predicted molar refractivity (Wildman–Crippen MR) is 118 cm³/mol. The van der Waals surface area contributed by atoms with Gasteiger partial charge in [-0.2, -0.15) is 5.26 Å². The fourth-order valence-corrected chi connectivity index (χ4v) is 3.46. The van der Waals surface area contributed by atoms with Crippen LogP contribution in [0.1, 0.15) is 57.7 Å². The Labute approximate surface area is 175 Å². The van der Waals surface area contributed by atoms with Gasteiger partial charge in [-0.15, -0.1) is 0 Å². The number of nitrogens with zero attached hydrogens (tertiary/aromatic N) is 3. The molecule has 150 valence electrons. The van der Waals surface area contributed by atoms with Crippen LogP contribution in [0.5, 0.6) is 0 Å². The lowest BCUT2D eigenvalue weighted by Crippen LogP contribution is -2.37. The van der Waals surface area contributed by atoms with Crippen molar-refractivity contribution in [3.05, 3.63) is 52.2 Å². The Morgan fingerprint density at radius 2 is 1.86 bits per heavy atom. The summed E-state index contributed by atoms with van der Waals surface area (Å²) in [5.41, 5.74) is 4.82. The molecule has 0 amide bonds. The zero-order valence-electron chi connectivity index (χ0n) is 18.0. The van der Waals surface area contributed by atoms with Gasteiger partial charge in [-0.3, -0.25) is 4.90 Å². The van der Waals surface area contributed by atoms with Crippen LogP contribution in [0.3, 0.4) is 0 Å². The van der Waals surface area contributed by atoms with E-state index in [0.717, 1.165) is 42.9 Å². The Morgan fingerprint density at radius 1 is 1.21 bits per heavy atom. The highest BCUT2D eigenvalue weighted by molar-refractivity contribution is 6.30. The largest absolute Gasteiger partial charge is 0.299 e. The van der Waals surface area contributed by atoms with Gasteiger partial charge in [0, 0.05) is 18.7 Å². The molecule has 0 radical (unpaired) electrons. The molecule has 0 N–H and O–H groups in total. The third-order valence-corrected chi connectivity index (χ3v) is 5.94. The van der Waals surface area contributed by atoms with Crippen LogP contribution in [0.25, 0.3) is 11.3 Å². The number of aromatic nitrogens is 1. The smallest absolute Gasteiger partial charge is 0.147 e. The van der Waals surface area contributed by atoms with Crippen molar-refractivity contribution in [2.24, 2.45) is 11.3 Å². The third-order valence-electron chi connectivity index (χ3n) is 5.65. The topological polar surface area (TPSA) is 39.9 Å². The molecule has 0 atom stereocenters. The van der Waals surface area contributed by atoms with Gasteiger partial charge in [0.05, 0.1) is 11.3 Å². The number of pyridine rings is 1. The van der Waals surface area contributed by atoms with E-state index in [-0.39, 0.29) is 10.6 Å². The fraction of sp³-hybridized carbons (Fsp3) is 0.500. The molecule has 0 fully saturated rings. The molecule has 0 aliphatic heterocycles. The van der Waals surface area contributed by atoms with Crippen LogP contribution in [-0.2, 0) is 6.54 Å². The maximum atomic E-state index is 9.10. The molecule has 0 saturated carbocycles. The minimum absolute atomic E-state index is 0.261. The Hall–Kier alpha value is -1.89. The van der Waals surface area contributed by atoms with E-state index >= 15 is 0 Å². The summed E-state index contributed by atoms with van der Waals surface area (Å²) in [6.07, 6.45) is 1.15. The lowest BCUT2D eigenvalue weighted by Gasteiger charge is -2.35. The summed E-state index contributed by atoms with van der Waals surface area (Å²) < 4.78 is 0. The summed E-state index contributed by atoms with van der Waals surface area (Å²) in [4.78, 5) is 6.99. The lowest BCUT2D eigenvalue weighted by molar-refractivity contribution is 0.129. The van der Waals surface area contributed by atoms with Gasteiger partial charge in [0.2, 0.25) is 0 Å². The molecule has 0 saturated heterocycles. The van der Waals surface area contributed by atoms with E-state index in [9.17, 15) is 0 Å². The van der Waals surface area contributed by atoms with Crippen molar-refractivity contribution in [1.82, 2.24) is 9.88 Å². The Bertz CT molecular complexity index is 832. The Kier molecular flexibility index (Phi) is 7.63. The van der Waals surface area contributed by atoms with Crippen molar-refractivity contribution in [1.29, 1.82) is 5.26 Å². The normalized spacial score (nSPS) is 11.9. The van der Waals surface area contributed by atoms with Crippen molar-refractivity contribution < 1.29 is 0 Å². The lowest BCUT2D eigenvalue weighted by atomic mass is 9.80. The van der Waals surface area contributed by atoms with Gasteiger partial charge in [-0.05, 0) is 48.4 Å². The summed E-state index contributed by atoms with van der Waals surface area (Å²) in [5.74, 6) is 0.643. The van der Waals surface area contributed by atoms with Crippen LogP contribution in [0.2, 0.25) is 5.15 Å². The number of hydrogen-bond acceptors (Lipinski definition) is 3. The minimum atomic E-state index is 0.261. The first-order chi connectivity index (χ1) is 13.2. The van der Waals surface area contributed by atoms with Crippen LogP contribution in [-0.4, -0.2) is 23.0 Å². The van der Waals surface area contributed by atoms with Crippen molar-refractivity contribution >= 4 is 11.6 Å². The van der Waals surface area contributed by atoms with Crippen molar-refractivity contribution in [2.75, 3.05) is 13.1 Å². The predicted octanol–water partition coefficient (Wildman–Crippen LogP) is 6.48. The van der Waals surface area contributed by atoms with E-state index in [2.05, 4.69) is 74.8 Å². The van der Waals surface area contributed by atoms with Gasteiger partial charge in [-0.25, -0.2) is 4.98 Å². The molecular formula is C24H32ClN3. The molecule has 0 unspecified atom stereocenters. The van der Waals surface area contributed by atoms with Gasteiger partial charge >= 0.3 is 0 Å². The Morgan fingerprint density at radius 3 is 2.39 bits per heavy atom. The number of aryl methyl sites for hydroxylation is 1. The molecule has 28 heavy (non-hydrogen) atoms. The highest BCUT2D eigenvalue weighted by Crippen LogP contribution is 2.29. The average molecular weight is 398 g/mol. The van der Waals surface area contributed by atoms with Gasteiger partial charge in [0.1, 0.15) is 11.2 Å². The summed E-state index contributed by atoms with van der Waals surface area (Å²) in [6, 6.07) is 12.4. The van der Waals surface area contributed by atoms with E-state index in [1.165, 1.54) is 5.56 Å². The number of rotatable bonds is 8. The zero-order valence-corrected chi connectivity index (χ0v) is 18.8. The maximum Gasteiger partial charge on any atom is 0.147 e. The summed E-state index contributed by atoms with van der Waals surface area (Å²) in [7, 11) is 0. The second-order valence-electron chi connectivity index (χ2n) is 8.65. The van der Waals surface area contributed by atoms with Gasteiger partial charge in [0.25, 0.3) is 0 Å². The molecule has 1 heterocycles. The summed E-state index contributed by atoms with van der Waals surface area (Å²) in [6.45, 7) is 16.7. The molecule has 2 rings (SSSR count). The van der Waals surface area contributed by atoms with Gasteiger partial charge in [0.15, 0.2) is 0 Å². The van der Waals surface area contributed by atoms with Crippen LogP contribution < -0.4 is 0 Å². The monoisotopic (exact) mass is 397 g/mol. The van der Waals surface area contributed by atoms with Crippen molar-refractivity contribution in [3.8, 4) is 17.3 Å². The first kappa shape index (κ1) is 22.4. The standard InChI is InChI=1S/C24H32ClN3/c1-7-12-28(16-24(5,6)17(2)3)15-19-8-10-20(11-9-19)22-18(4)13-21(14-26)23(25)27-22/h8-11,13,17H,7,12,15-16H2,1-6H3. The number of benzene rings is 1. The third kappa shape index (κ3) is 5.56. The fourth-order valence-electron chi connectivity index (χ4n) is 3.28. The van der Waals surface area contributed by atoms with E-state index < -0.39 is 0 Å². The second-order valence-corrected chi connectivity index (χ2v) is 9.01. The van der Waals surface area contributed by atoms with E-state index in [1.54, 1.807) is 6.07 Å². The summed E-state index contributed by atoms with van der Waals surface area (Å²) in [5, 5.41) is 9.37. The SMILES string of the molecule is CCCN(Cc1ccc(-c2nc(Cl)c(C#N)cc2C)cc1)CC(C)(C)C(C)C. The molecule has 3 nitrogen and oxygen atoms in total. The molecule has 4 heteroatoms. The van der Waals surface area contributed by atoms with Gasteiger partial charge < -0.3 is 0 Å². The van der Waals surface area contributed by atoms with E-state index in [1.807, 2.05) is 6.92 Å². The maximum absolute atomic E-state index is 9.10. The van der Waals surface area contributed by atoms with Crippen LogP contribution in [0, 0.1) is 29.6 Å². The first-order valence-electron chi connectivity index (χ1n) is 10.1. The zero-order chi connectivity index (χ0) is 20.9. The molecule has 0 bridgehead atoms.